The van der Waals surface area contributed by atoms with Gasteiger partial charge >= 0.3 is 0 Å². The van der Waals surface area contributed by atoms with E-state index in [1.807, 2.05) is 30.4 Å². The molecule has 0 bridgehead atoms. The van der Waals surface area contributed by atoms with Gasteiger partial charge in [-0.05, 0) is 23.6 Å². The maximum Gasteiger partial charge on any atom is 0.242 e. The van der Waals surface area contributed by atoms with Crippen LogP contribution >= 0.6 is 0 Å². The first kappa shape index (κ1) is 16.1. The van der Waals surface area contributed by atoms with Crippen molar-refractivity contribution >= 4 is 11.6 Å². The Morgan fingerprint density at radius 2 is 2.16 bits per heavy atom. The van der Waals surface area contributed by atoms with Gasteiger partial charge in [0.25, 0.3) is 0 Å². The van der Waals surface area contributed by atoms with Crippen LogP contribution < -0.4 is 4.90 Å². The Hall–Kier alpha value is -2.34. The molecule has 0 aliphatic carbocycles. The van der Waals surface area contributed by atoms with Gasteiger partial charge in [-0.1, -0.05) is 18.2 Å². The summed E-state index contributed by atoms with van der Waals surface area (Å²) in [7, 11) is 1.89. The first-order valence-electron chi connectivity index (χ1n) is 8.85. The number of aromatic nitrogens is 2. The third kappa shape index (κ3) is 3.02. The van der Waals surface area contributed by atoms with Gasteiger partial charge in [0.05, 0.1) is 12.7 Å². The fourth-order valence-corrected chi connectivity index (χ4v) is 4.10. The maximum atomic E-state index is 12.8. The number of hydrogen-bond donors (Lipinski definition) is 1. The van der Waals surface area contributed by atoms with Crippen molar-refractivity contribution in [3.8, 4) is 0 Å². The highest BCUT2D eigenvalue weighted by molar-refractivity contribution is 5.82. The second-order valence-corrected chi connectivity index (χ2v) is 7.10. The molecule has 0 saturated carbocycles. The number of aliphatic hydroxyl groups excluding tert-OH is 1. The van der Waals surface area contributed by atoms with E-state index in [2.05, 4.69) is 28.2 Å². The molecule has 1 saturated heterocycles. The number of carbonyl (C=O) groups is 1. The number of hydrogen-bond acceptors (Lipinski definition) is 4. The van der Waals surface area contributed by atoms with Crippen molar-refractivity contribution in [1.29, 1.82) is 0 Å². The summed E-state index contributed by atoms with van der Waals surface area (Å²) < 4.78 is 1.77. The summed E-state index contributed by atoms with van der Waals surface area (Å²) in [5.74, 6) is 0.383. The standard InChI is InChI=1S/C19H24N4O2/c1-21-9-15(8-20-21)17-11-23(10-16(17)13-24)19(25)12-22-7-6-14-4-2-3-5-18(14)22/h2-5,8-9,16-17,24H,6-7,10-13H2,1H3/t16-,17-/m0/s1. The summed E-state index contributed by atoms with van der Waals surface area (Å²) in [5, 5.41) is 14.0. The number of aliphatic hydroxyl groups is 1. The van der Waals surface area contributed by atoms with Crippen LogP contribution in [0.3, 0.4) is 0 Å². The van der Waals surface area contributed by atoms with Crippen LogP contribution in [0.2, 0.25) is 0 Å². The van der Waals surface area contributed by atoms with Gasteiger partial charge in [-0.3, -0.25) is 9.48 Å². The lowest BCUT2D eigenvalue weighted by Crippen LogP contribution is -2.39. The second kappa shape index (κ2) is 6.52. The van der Waals surface area contributed by atoms with E-state index >= 15 is 0 Å². The summed E-state index contributed by atoms with van der Waals surface area (Å²) in [6.07, 6.45) is 4.83. The molecule has 1 fully saturated rings. The number of anilines is 1. The molecule has 1 aromatic heterocycles. The van der Waals surface area contributed by atoms with Crippen molar-refractivity contribution in [3.63, 3.8) is 0 Å². The molecule has 1 amide bonds. The van der Waals surface area contributed by atoms with Crippen LogP contribution in [0.4, 0.5) is 5.69 Å². The van der Waals surface area contributed by atoms with E-state index in [4.69, 9.17) is 0 Å². The highest BCUT2D eigenvalue weighted by atomic mass is 16.3. The number of amides is 1. The molecule has 2 atom stereocenters. The molecule has 0 unspecified atom stereocenters. The van der Waals surface area contributed by atoms with E-state index < -0.39 is 0 Å². The van der Waals surface area contributed by atoms with Gasteiger partial charge in [-0.15, -0.1) is 0 Å². The molecule has 6 heteroatoms. The van der Waals surface area contributed by atoms with E-state index in [1.54, 1.807) is 4.68 Å². The summed E-state index contributed by atoms with van der Waals surface area (Å²) in [4.78, 5) is 16.9. The number of likely N-dealkylation sites (tertiary alicyclic amines) is 1. The van der Waals surface area contributed by atoms with E-state index in [0.717, 1.165) is 18.5 Å². The molecule has 6 nitrogen and oxygen atoms in total. The third-order valence-electron chi connectivity index (χ3n) is 5.49. The Kier molecular flexibility index (Phi) is 4.21. The van der Waals surface area contributed by atoms with Crippen LogP contribution in [0.25, 0.3) is 0 Å². The van der Waals surface area contributed by atoms with Crippen molar-refractivity contribution in [2.45, 2.75) is 12.3 Å². The number of aryl methyl sites for hydroxylation is 1. The predicted octanol–water partition coefficient (Wildman–Crippen LogP) is 1.02. The monoisotopic (exact) mass is 340 g/mol. The number of fused-ring (bicyclic) bond motifs is 1. The largest absolute Gasteiger partial charge is 0.396 e. The molecule has 0 spiro atoms. The smallest absolute Gasteiger partial charge is 0.242 e. The molecule has 4 rings (SSSR count). The molecule has 2 aromatic rings. The van der Waals surface area contributed by atoms with Crippen LogP contribution in [0.1, 0.15) is 17.0 Å². The van der Waals surface area contributed by atoms with Crippen molar-refractivity contribution in [2.75, 3.05) is 37.7 Å². The minimum Gasteiger partial charge on any atom is -0.396 e. The van der Waals surface area contributed by atoms with Crippen molar-refractivity contribution in [3.05, 3.63) is 47.8 Å². The molecular formula is C19H24N4O2. The Morgan fingerprint density at radius 3 is 2.92 bits per heavy atom. The van der Waals surface area contributed by atoms with Gasteiger partial charge < -0.3 is 14.9 Å². The highest BCUT2D eigenvalue weighted by Crippen LogP contribution is 2.33. The number of benzene rings is 1. The number of para-hydroxylation sites is 1. The van der Waals surface area contributed by atoms with Gasteiger partial charge in [0.15, 0.2) is 0 Å². The molecule has 1 aromatic carbocycles. The molecule has 2 aliphatic heterocycles. The second-order valence-electron chi connectivity index (χ2n) is 7.10. The maximum absolute atomic E-state index is 12.8. The first-order chi connectivity index (χ1) is 12.2. The normalized spacial score (nSPS) is 22.5. The predicted molar refractivity (Wildman–Crippen MR) is 95.5 cm³/mol. The van der Waals surface area contributed by atoms with E-state index in [0.29, 0.717) is 19.6 Å². The van der Waals surface area contributed by atoms with Gasteiger partial charge in [0.1, 0.15) is 0 Å². The fraction of sp³-hybridized carbons (Fsp3) is 0.474. The summed E-state index contributed by atoms with van der Waals surface area (Å²) in [6.45, 7) is 2.68. The molecule has 0 radical (unpaired) electrons. The van der Waals surface area contributed by atoms with E-state index in [9.17, 15) is 9.90 Å². The number of rotatable bonds is 4. The summed E-state index contributed by atoms with van der Waals surface area (Å²) >= 11 is 0. The van der Waals surface area contributed by atoms with Crippen LogP contribution in [-0.4, -0.2) is 58.5 Å². The topological polar surface area (TPSA) is 61.6 Å². The van der Waals surface area contributed by atoms with Gasteiger partial charge in [0.2, 0.25) is 5.91 Å². The zero-order chi connectivity index (χ0) is 17.4. The van der Waals surface area contributed by atoms with Gasteiger partial charge in [-0.2, -0.15) is 5.10 Å². The number of carbonyl (C=O) groups excluding carboxylic acids is 1. The average Bonchev–Trinajstić information content (AvgIpc) is 3.33. The third-order valence-corrected chi connectivity index (χ3v) is 5.49. The SMILES string of the molecule is Cn1cc([C@@H]2CN(C(=O)CN3CCc4ccccc43)C[C@H]2CO)cn1. The van der Waals surface area contributed by atoms with Crippen LogP contribution in [0.5, 0.6) is 0 Å². The van der Waals surface area contributed by atoms with E-state index in [1.165, 1.54) is 11.3 Å². The summed E-state index contributed by atoms with van der Waals surface area (Å²) in [6, 6.07) is 8.30. The Morgan fingerprint density at radius 1 is 1.32 bits per heavy atom. The van der Waals surface area contributed by atoms with Crippen LogP contribution in [0, 0.1) is 5.92 Å². The lowest BCUT2D eigenvalue weighted by molar-refractivity contribution is -0.128. The highest BCUT2D eigenvalue weighted by Gasteiger charge is 2.37. The van der Waals surface area contributed by atoms with E-state index in [-0.39, 0.29) is 24.3 Å². The molecule has 132 valence electrons. The summed E-state index contributed by atoms with van der Waals surface area (Å²) in [5.41, 5.74) is 3.60. The van der Waals surface area contributed by atoms with Gasteiger partial charge in [-0.25, -0.2) is 0 Å². The zero-order valence-electron chi connectivity index (χ0n) is 14.5. The molecule has 1 N–H and O–H groups in total. The van der Waals surface area contributed by atoms with Crippen LogP contribution in [0.15, 0.2) is 36.7 Å². The van der Waals surface area contributed by atoms with Crippen molar-refractivity contribution in [1.82, 2.24) is 14.7 Å². The Labute approximate surface area is 147 Å². The lowest BCUT2D eigenvalue weighted by atomic mass is 9.92. The molecule has 25 heavy (non-hydrogen) atoms. The zero-order valence-corrected chi connectivity index (χ0v) is 14.5. The Balaban J connectivity index is 1.45. The molecule has 2 aliphatic rings. The molecule has 3 heterocycles. The molecular weight excluding hydrogens is 316 g/mol. The van der Waals surface area contributed by atoms with Crippen molar-refractivity contribution in [2.24, 2.45) is 13.0 Å². The lowest BCUT2D eigenvalue weighted by Gasteiger charge is -2.23. The quantitative estimate of drug-likeness (QED) is 0.903. The van der Waals surface area contributed by atoms with Gasteiger partial charge in [0, 0.05) is 57.0 Å². The average molecular weight is 340 g/mol. The first-order valence-corrected chi connectivity index (χ1v) is 8.85. The number of nitrogens with zero attached hydrogens (tertiary/aromatic N) is 4. The fourth-order valence-electron chi connectivity index (χ4n) is 4.10. The minimum atomic E-state index is 0.0824. The minimum absolute atomic E-state index is 0.0824. The Bertz CT molecular complexity index is 772. The van der Waals surface area contributed by atoms with Crippen molar-refractivity contribution < 1.29 is 9.90 Å². The van der Waals surface area contributed by atoms with Crippen LogP contribution in [-0.2, 0) is 18.3 Å².